The number of anilines is 1. The quantitative estimate of drug-likeness (QED) is 0.818. The summed E-state index contributed by atoms with van der Waals surface area (Å²) < 4.78 is 34.5. The number of urea groups is 1. The van der Waals surface area contributed by atoms with Gasteiger partial charge in [-0.3, -0.25) is 0 Å². The summed E-state index contributed by atoms with van der Waals surface area (Å²) in [5, 5.41) is 2.30. The molecular formula is C14H14N2O5S. The second kappa shape index (κ2) is 6.35. The Morgan fingerprint density at radius 1 is 1.09 bits per heavy atom. The van der Waals surface area contributed by atoms with Crippen molar-refractivity contribution in [3.63, 3.8) is 0 Å². The fourth-order valence-electron chi connectivity index (χ4n) is 1.68. The minimum atomic E-state index is -4.04. The molecule has 3 N–H and O–H groups in total. The molecule has 0 bridgehead atoms. The highest BCUT2D eigenvalue weighted by Crippen LogP contribution is 2.27. The molecule has 0 atom stereocenters. The molecule has 0 heterocycles. The van der Waals surface area contributed by atoms with Crippen LogP contribution in [0.4, 0.5) is 10.5 Å². The number of para-hydroxylation sites is 2. The Bertz CT molecular complexity index is 772. The van der Waals surface area contributed by atoms with Crippen molar-refractivity contribution < 1.29 is 22.1 Å². The molecule has 22 heavy (non-hydrogen) atoms. The first-order chi connectivity index (χ1) is 10.4. The molecule has 0 aliphatic heterocycles. The molecule has 8 heteroatoms. The van der Waals surface area contributed by atoms with Crippen LogP contribution in [0.5, 0.6) is 11.5 Å². The number of benzene rings is 2. The van der Waals surface area contributed by atoms with Gasteiger partial charge in [0.05, 0.1) is 12.8 Å². The summed E-state index contributed by atoms with van der Waals surface area (Å²) in [6.07, 6.45) is 0. The largest absolute Gasteiger partial charge is 0.497 e. The molecule has 7 nitrogen and oxygen atoms in total. The van der Waals surface area contributed by atoms with Gasteiger partial charge < -0.3 is 20.0 Å². The smallest absolute Gasteiger partial charge is 0.339 e. The van der Waals surface area contributed by atoms with Crippen LogP contribution in [-0.2, 0) is 10.1 Å². The number of nitrogens with one attached hydrogen (secondary N) is 1. The Labute approximate surface area is 127 Å². The fraction of sp³-hybridized carbons (Fsp3) is 0.0714. The zero-order valence-electron chi connectivity index (χ0n) is 11.6. The maximum absolute atomic E-state index is 12.2. The summed E-state index contributed by atoms with van der Waals surface area (Å²) in [6, 6.07) is 11.0. The van der Waals surface area contributed by atoms with E-state index in [1.165, 1.54) is 43.5 Å². The van der Waals surface area contributed by atoms with Gasteiger partial charge in [0.25, 0.3) is 0 Å². The lowest BCUT2D eigenvalue weighted by Gasteiger charge is -2.11. The lowest BCUT2D eigenvalue weighted by atomic mass is 10.3. The van der Waals surface area contributed by atoms with E-state index in [9.17, 15) is 13.2 Å². The number of ether oxygens (including phenoxy) is 1. The van der Waals surface area contributed by atoms with Crippen LogP contribution < -0.4 is 20.0 Å². The molecule has 2 aromatic rings. The number of carbonyl (C=O) groups is 1. The standard InChI is InChI=1S/C14H14N2O5S/c1-20-10-6-8-11(9-7-10)22(18,19)21-13-5-3-2-4-12(13)16-14(15)17/h2-9H,1H3,(H3,15,16,17). The Balaban J connectivity index is 2.30. The van der Waals surface area contributed by atoms with E-state index in [2.05, 4.69) is 5.32 Å². The maximum Gasteiger partial charge on any atom is 0.339 e. The molecule has 2 rings (SSSR count). The molecule has 2 aromatic carbocycles. The topological polar surface area (TPSA) is 108 Å². The van der Waals surface area contributed by atoms with Crippen molar-refractivity contribution in [2.45, 2.75) is 4.90 Å². The number of amides is 2. The van der Waals surface area contributed by atoms with E-state index in [0.717, 1.165) is 0 Å². The SMILES string of the molecule is COc1ccc(S(=O)(=O)Oc2ccccc2NC(N)=O)cc1. The summed E-state index contributed by atoms with van der Waals surface area (Å²) in [5.41, 5.74) is 5.19. The van der Waals surface area contributed by atoms with Crippen LogP contribution in [0.3, 0.4) is 0 Å². The first-order valence-electron chi connectivity index (χ1n) is 6.16. The molecule has 0 fully saturated rings. The molecule has 0 radical (unpaired) electrons. The van der Waals surface area contributed by atoms with Gasteiger partial charge in [-0.1, -0.05) is 12.1 Å². The molecule has 0 aliphatic rings. The third-order valence-electron chi connectivity index (χ3n) is 2.69. The van der Waals surface area contributed by atoms with Gasteiger partial charge in [-0.15, -0.1) is 0 Å². The normalized spacial score (nSPS) is 10.8. The molecular weight excluding hydrogens is 308 g/mol. The van der Waals surface area contributed by atoms with Crippen molar-refractivity contribution in [1.82, 2.24) is 0 Å². The number of methoxy groups -OCH3 is 1. The van der Waals surface area contributed by atoms with Gasteiger partial charge in [0.15, 0.2) is 5.75 Å². The summed E-state index contributed by atoms with van der Waals surface area (Å²) in [5.74, 6) is 0.492. The van der Waals surface area contributed by atoms with Gasteiger partial charge in [0.1, 0.15) is 10.6 Å². The Kier molecular flexibility index (Phi) is 4.52. The third-order valence-corrected chi connectivity index (χ3v) is 3.94. The average Bonchev–Trinajstić information content (AvgIpc) is 2.48. The van der Waals surface area contributed by atoms with Gasteiger partial charge in [-0.2, -0.15) is 8.42 Å². The van der Waals surface area contributed by atoms with Gasteiger partial charge in [-0.05, 0) is 36.4 Å². The van der Waals surface area contributed by atoms with Gasteiger partial charge in [0.2, 0.25) is 0 Å². The molecule has 0 saturated carbocycles. The van der Waals surface area contributed by atoms with Gasteiger partial charge in [0, 0.05) is 0 Å². The number of primary amides is 1. The Hall–Kier alpha value is -2.74. The number of nitrogens with two attached hydrogens (primary N) is 1. The summed E-state index contributed by atoms with van der Waals surface area (Å²) in [7, 11) is -2.57. The monoisotopic (exact) mass is 322 g/mol. The zero-order chi connectivity index (χ0) is 16.2. The van der Waals surface area contributed by atoms with Crippen LogP contribution in [0.2, 0.25) is 0 Å². The second-order valence-electron chi connectivity index (χ2n) is 4.20. The Morgan fingerprint density at radius 2 is 1.73 bits per heavy atom. The number of hydrogen-bond donors (Lipinski definition) is 2. The molecule has 0 saturated heterocycles. The molecule has 0 spiro atoms. The molecule has 0 unspecified atom stereocenters. The van der Waals surface area contributed by atoms with E-state index >= 15 is 0 Å². The first-order valence-corrected chi connectivity index (χ1v) is 7.57. The van der Waals surface area contributed by atoms with Gasteiger partial charge >= 0.3 is 16.1 Å². The van der Waals surface area contributed by atoms with E-state index in [0.29, 0.717) is 5.75 Å². The first kappa shape index (κ1) is 15.6. The zero-order valence-corrected chi connectivity index (χ0v) is 12.5. The molecule has 2 amide bonds. The summed E-state index contributed by atoms with van der Waals surface area (Å²) >= 11 is 0. The minimum Gasteiger partial charge on any atom is -0.497 e. The highest BCUT2D eigenvalue weighted by atomic mass is 32.2. The van der Waals surface area contributed by atoms with Crippen LogP contribution in [-0.4, -0.2) is 21.6 Å². The van der Waals surface area contributed by atoms with Crippen molar-refractivity contribution >= 4 is 21.8 Å². The number of rotatable bonds is 5. The summed E-state index contributed by atoms with van der Waals surface area (Å²) in [6.45, 7) is 0. The number of carbonyl (C=O) groups excluding carboxylic acids is 1. The van der Waals surface area contributed by atoms with E-state index in [1.807, 2.05) is 0 Å². The van der Waals surface area contributed by atoms with E-state index in [-0.39, 0.29) is 16.3 Å². The van der Waals surface area contributed by atoms with Crippen LogP contribution in [0.1, 0.15) is 0 Å². The predicted molar refractivity (Wildman–Crippen MR) is 80.5 cm³/mol. The number of hydrogen-bond acceptors (Lipinski definition) is 5. The third kappa shape index (κ3) is 3.67. The highest BCUT2D eigenvalue weighted by Gasteiger charge is 2.18. The van der Waals surface area contributed by atoms with Crippen molar-refractivity contribution in [2.75, 3.05) is 12.4 Å². The molecule has 0 aromatic heterocycles. The lowest BCUT2D eigenvalue weighted by Crippen LogP contribution is -2.20. The Morgan fingerprint density at radius 3 is 2.32 bits per heavy atom. The lowest BCUT2D eigenvalue weighted by molar-refractivity contribution is 0.259. The van der Waals surface area contributed by atoms with Crippen molar-refractivity contribution in [3.8, 4) is 11.5 Å². The molecule has 116 valence electrons. The van der Waals surface area contributed by atoms with Crippen LogP contribution in [0.25, 0.3) is 0 Å². The fourth-order valence-corrected chi connectivity index (χ4v) is 2.63. The molecule has 0 aliphatic carbocycles. The second-order valence-corrected chi connectivity index (χ2v) is 5.74. The highest BCUT2D eigenvalue weighted by molar-refractivity contribution is 7.87. The van der Waals surface area contributed by atoms with Crippen LogP contribution in [0.15, 0.2) is 53.4 Å². The van der Waals surface area contributed by atoms with E-state index in [1.54, 1.807) is 12.1 Å². The average molecular weight is 322 g/mol. The van der Waals surface area contributed by atoms with E-state index < -0.39 is 16.1 Å². The minimum absolute atomic E-state index is 0.0304. The van der Waals surface area contributed by atoms with Crippen molar-refractivity contribution in [2.24, 2.45) is 5.73 Å². The van der Waals surface area contributed by atoms with Crippen molar-refractivity contribution in [3.05, 3.63) is 48.5 Å². The predicted octanol–water partition coefficient (Wildman–Crippen LogP) is 1.95. The van der Waals surface area contributed by atoms with Crippen LogP contribution in [0, 0.1) is 0 Å². The van der Waals surface area contributed by atoms with E-state index in [4.69, 9.17) is 14.7 Å². The summed E-state index contributed by atoms with van der Waals surface area (Å²) in [4.78, 5) is 10.9. The van der Waals surface area contributed by atoms with Crippen molar-refractivity contribution in [1.29, 1.82) is 0 Å². The maximum atomic E-state index is 12.2. The van der Waals surface area contributed by atoms with Gasteiger partial charge in [-0.25, -0.2) is 4.79 Å². The van der Waals surface area contributed by atoms with Crippen LogP contribution >= 0.6 is 0 Å².